The van der Waals surface area contributed by atoms with E-state index in [1.54, 1.807) is 0 Å². The lowest BCUT2D eigenvalue weighted by molar-refractivity contribution is 0.0781. The van der Waals surface area contributed by atoms with E-state index in [2.05, 4.69) is 35.1 Å². The van der Waals surface area contributed by atoms with Crippen LogP contribution in [0.1, 0.15) is 38.5 Å². The Morgan fingerprint density at radius 1 is 1.36 bits per heavy atom. The number of nitrogens with one attached hydrogen (secondary N) is 1. The Labute approximate surface area is 140 Å². The second-order valence-electron chi connectivity index (χ2n) is 5.96. The Balaban J connectivity index is 2.35. The van der Waals surface area contributed by atoms with E-state index in [0.717, 1.165) is 51.5 Å². The highest BCUT2D eigenvalue weighted by molar-refractivity contribution is 8.00. The number of ether oxygens (including phenoxy) is 1. The lowest BCUT2D eigenvalue weighted by Gasteiger charge is -2.37. The van der Waals surface area contributed by atoms with Crippen molar-refractivity contribution in [3.05, 3.63) is 12.7 Å². The molecule has 128 valence electrons. The molecule has 0 saturated carbocycles. The molecule has 1 heterocycles. The van der Waals surface area contributed by atoms with Gasteiger partial charge in [0.25, 0.3) is 0 Å². The number of thioether (sulfide) groups is 1. The summed E-state index contributed by atoms with van der Waals surface area (Å²) in [5.41, 5.74) is 0. The molecule has 5 heteroatoms. The molecule has 0 radical (unpaired) electrons. The number of rotatable bonds is 9. The number of nitrogens with zero attached hydrogens (tertiary/aromatic N) is 2. The Morgan fingerprint density at radius 3 is 2.68 bits per heavy atom. The van der Waals surface area contributed by atoms with Crippen molar-refractivity contribution < 1.29 is 4.74 Å². The van der Waals surface area contributed by atoms with Crippen LogP contribution in [0, 0.1) is 0 Å². The van der Waals surface area contributed by atoms with Gasteiger partial charge < -0.3 is 15.0 Å². The van der Waals surface area contributed by atoms with E-state index in [1.165, 1.54) is 19.3 Å². The van der Waals surface area contributed by atoms with Crippen LogP contribution in [0.25, 0.3) is 0 Å². The van der Waals surface area contributed by atoms with Gasteiger partial charge >= 0.3 is 0 Å². The second-order valence-corrected chi connectivity index (χ2v) is 7.23. The third-order valence-electron chi connectivity index (χ3n) is 4.38. The molecule has 1 N–H and O–H groups in total. The van der Waals surface area contributed by atoms with Crippen LogP contribution in [0.15, 0.2) is 17.6 Å². The number of unbranched alkanes of at least 4 members (excludes halogenated alkanes) is 3. The minimum absolute atomic E-state index is 0.291. The zero-order chi connectivity index (χ0) is 16.3. The molecule has 0 aliphatic carbocycles. The average molecular weight is 328 g/mol. The van der Waals surface area contributed by atoms with Gasteiger partial charge in [-0.3, -0.25) is 4.99 Å². The summed E-state index contributed by atoms with van der Waals surface area (Å²) in [5.74, 6) is 1.00. The quantitative estimate of drug-likeness (QED) is 0.305. The fraction of sp³-hybridized carbons (Fsp3) is 0.824. The number of hydrogen-bond donors (Lipinski definition) is 1. The van der Waals surface area contributed by atoms with Crippen molar-refractivity contribution in [1.82, 2.24) is 10.2 Å². The van der Waals surface area contributed by atoms with E-state index < -0.39 is 0 Å². The van der Waals surface area contributed by atoms with Gasteiger partial charge in [-0.05, 0) is 38.4 Å². The first-order valence-electron chi connectivity index (χ1n) is 8.33. The Hall–Kier alpha value is -0.680. The van der Waals surface area contributed by atoms with E-state index in [4.69, 9.17) is 4.74 Å². The van der Waals surface area contributed by atoms with Crippen molar-refractivity contribution in [2.75, 3.05) is 46.7 Å². The molecule has 1 fully saturated rings. The topological polar surface area (TPSA) is 36.9 Å². The minimum Gasteiger partial charge on any atom is -0.381 e. The average Bonchev–Trinajstić information content (AvgIpc) is 2.56. The van der Waals surface area contributed by atoms with Crippen molar-refractivity contribution in [3.63, 3.8) is 0 Å². The van der Waals surface area contributed by atoms with Crippen LogP contribution in [0.4, 0.5) is 0 Å². The van der Waals surface area contributed by atoms with Crippen LogP contribution >= 0.6 is 11.8 Å². The van der Waals surface area contributed by atoms with Crippen LogP contribution in [-0.2, 0) is 4.74 Å². The first-order chi connectivity index (χ1) is 10.7. The number of allylic oxidation sites excluding steroid dienone is 1. The van der Waals surface area contributed by atoms with Crippen LogP contribution in [0.5, 0.6) is 0 Å². The maximum atomic E-state index is 5.50. The summed E-state index contributed by atoms with van der Waals surface area (Å²) in [6.45, 7) is 7.53. The molecule has 0 bridgehead atoms. The minimum atomic E-state index is 0.291. The summed E-state index contributed by atoms with van der Waals surface area (Å²) >= 11 is 1.96. The largest absolute Gasteiger partial charge is 0.381 e. The van der Waals surface area contributed by atoms with Gasteiger partial charge in [0, 0.05) is 45.1 Å². The van der Waals surface area contributed by atoms with Gasteiger partial charge in [0.2, 0.25) is 0 Å². The maximum absolute atomic E-state index is 5.50. The van der Waals surface area contributed by atoms with E-state index >= 15 is 0 Å². The van der Waals surface area contributed by atoms with Crippen molar-refractivity contribution in [2.24, 2.45) is 4.99 Å². The zero-order valence-electron chi connectivity index (χ0n) is 14.6. The fourth-order valence-electron chi connectivity index (χ4n) is 2.74. The van der Waals surface area contributed by atoms with E-state index in [-0.39, 0.29) is 0 Å². The summed E-state index contributed by atoms with van der Waals surface area (Å²) in [7, 11) is 3.99. The first-order valence-corrected chi connectivity index (χ1v) is 9.55. The Bertz CT molecular complexity index is 341. The number of guanidine groups is 1. The molecule has 1 aliphatic heterocycles. The molecule has 1 rings (SSSR count). The van der Waals surface area contributed by atoms with Gasteiger partial charge in [0.1, 0.15) is 0 Å². The van der Waals surface area contributed by atoms with Crippen LogP contribution < -0.4 is 5.32 Å². The first kappa shape index (κ1) is 19.4. The molecule has 0 aromatic carbocycles. The molecular weight excluding hydrogens is 294 g/mol. The Kier molecular flexibility index (Phi) is 9.64. The van der Waals surface area contributed by atoms with Gasteiger partial charge in [0.15, 0.2) is 5.96 Å². The summed E-state index contributed by atoms with van der Waals surface area (Å²) in [6, 6.07) is 0. The van der Waals surface area contributed by atoms with Crippen LogP contribution in [0.2, 0.25) is 0 Å². The van der Waals surface area contributed by atoms with Gasteiger partial charge in [-0.1, -0.05) is 12.5 Å². The van der Waals surface area contributed by atoms with Gasteiger partial charge in [0.05, 0.1) is 0 Å². The van der Waals surface area contributed by atoms with Crippen molar-refractivity contribution in [2.45, 2.75) is 43.3 Å². The van der Waals surface area contributed by atoms with E-state index in [1.807, 2.05) is 24.9 Å². The predicted octanol–water partition coefficient (Wildman–Crippen LogP) is 3.15. The highest BCUT2D eigenvalue weighted by Crippen LogP contribution is 2.32. The monoisotopic (exact) mass is 327 g/mol. The molecule has 4 nitrogen and oxygen atoms in total. The number of hydrogen-bond acceptors (Lipinski definition) is 3. The van der Waals surface area contributed by atoms with E-state index in [0.29, 0.717) is 4.75 Å². The predicted molar refractivity (Wildman–Crippen MR) is 99.0 cm³/mol. The highest BCUT2D eigenvalue weighted by atomic mass is 32.2. The SMILES string of the molecule is C=CCCCCCN(C)C(=NC)NCC1(SC)CCOCC1. The highest BCUT2D eigenvalue weighted by Gasteiger charge is 2.32. The molecule has 22 heavy (non-hydrogen) atoms. The summed E-state index contributed by atoms with van der Waals surface area (Å²) in [4.78, 5) is 6.66. The fourth-order valence-corrected chi connectivity index (χ4v) is 3.53. The van der Waals surface area contributed by atoms with Crippen molar-refractivity contribution in [3.8, 4) is 0 Å². The van der Waals surface area contributed by atoms with Gasteiger partial charge in [-0.15, -0.1) is 6.58 Å². The maximum Gasteiger partial charge on any atom is 0.193 e. The van der Waals surface area contributed by atoms with Crippen molar-refractivity contribution in [1.29, 1.82) is 0 Å². The molecule has 0 amide bonds. The van der Waals surface area contributed by atoms with Crippen LogP contribution in [0.3, 0.4) is 0 Å². The molecule has 0 unspecified atom stereocenters. The Morgan fingerprint density at radius 2 is 2.09 bits per heavy atom. The van der Waals surface area contributed by atoms with E-state index in [9.17, 15) is 0 Å². The van der Waals surface area contributed by atoms with Gasteiger partial charge in [-0.25, -0.2) is 0 Å². The third-order valence-corrected chi connectivity index (χ3v) is 5.80. The third kappa shape index (κ3) is 6.61. The van der Waals surface area contributed by atoms with Gasteiger partial charge in [-0.2, -0.15) is 11.8 Å². The molecule has 1 saturated heterocycles. The lowest BCUT2D eigenvalue weighted by Crippen LogP contribution is -2.48. The smallest absolute Gasteiger partial charge is 0.193 e. The summed E-state index contributed by atoms with van der Waals surface area (Å²) in [6.07, 6.45) is 11.2. The molecule has 0 aromatic rings. The molecule has 0 atom stereocenters. The molecule has 0 spiro atoms. The summed E-state index contributed by atoms with van der Waals surface area (Å²) in [5, 5.41) is 3.57. The summed E-state index contributed by atoms with van der Waals surface area (Å²) < 4.78 is 5.79. The van der Waals surface area contributed by atoms with Crippen LogP contribution in [-0.4, -0.2) is 62.3 Å². The standard InChI is InChI=1S/C17H33N3OS/c1-5-6-7-8-9-12-20(3)16(18-2)19-15-17(22-4)10-13-21-14-11-17/h5H,1,6-15H2,2-4H3,(H,18,19). The number of aliphatic imine (C=N–C) groups is 1. The normalized spacial score (nSPS) is 18.0. The molecular formula is C17H33N3OS. The molecule has 0 aromatic heterocycles. The second kappa shape index (κ2) is 10.9. The zero-order valence-corrected chi connectivity index (χ0v) is 15.4. The van der Waals surface area contributed by atoms with Crippen molar-refractivity contribution >= 4 is 17.7 Å². The molecule has 1 aliphatic rings. The lowest BCUT2D eigenvalue weighted by atomic mass is 9.99.